The molecule has 3 rings (SSSR count). The number of carbonyl (C=O) groups excluding carboxylic acids is 2. The van der Waals surface area contributed by atoms with Gasteiger partial charge < -0.3 is 10.6 Å². The van der Waals surface area contributed by atoms with E-state index in [4.69, 9.17) is 0 Å². The highest BCUT2D eigenvalue weighted by molar-refractivity contribution is 5.85. The lowest BCUT2D eigenvalue weighted by Crippen LogP contribution is -2.39. The molecule has 0 saturated heterocycles. The number of fused-ring (bicyclic) bond motifs is 1. The van der Waals surface area contributed by atoms with Crippen LogP contribution in [0.15, 0.2) is 65.6 Å². The van der Waals surface area contributed by atoms with E-state index in [-0.39, 0.29) is 30.3 Å². The molecule has 0 radical (unpaired) electrons. The number of para-hydroxylation sites is 1. The molecule has 3 aromatic rings. The predicted molar refractivity (Wildman–Crippen MR) is 102 cm³/mol. The first-order chi connectivity index (χ1) is 13.1. The van der Waals surface area contributed by atoms with Crippen LogP contribution in [0, 0.1) is 0 Å². The molecule has 27 heavy (non-hydrogen) atoms. The number of hydrogen-bond acceptors (Lipinski definition) is 4. The van der Waals surface area contributed by atoms with E-state index in [1.165, 1.54) is 10.9 Å². The summed E-state index contributed by atoms with van der Waals surface area (Å²) < 4.78 is 1.44. The monoisotopic (exact) mass is 364 g/mol. The number of aromatic nitrogens is 2. The molecule has 1 aromatic heterocycles. The third-order valence-electron chi connectivity index (χ3n) is 4.08. The number of amides is 2. The van der Waals surface area contributed by atoms with Gasteiger partial charge in [-0.1, -0.05) is 42.5 Å². The Kier molecular flexibility index (Phi) is 5.94. The molecule has 0 saturated carbocycles. The zero-order valence-electron chi connectivity index (χ0n) is 14.7. The molecule has 2 amide bonds. The predicted octanol–water partition coefficient (Wildman–Crippen LogP) is 0.872. The largest absolute Gasteiger partial charge is 0.354 e. The molecule has 2 N–H and O–H groups in total. The normalized spacial score (nSPS) is 10.5. The maximum Gasteiger partial charge on any atom is 0.242 e. The van der Waals surface area contributed by atoms with Crippen molar-refractivity contribution >= 4 is 22.7 Å². The highest BCUT2D eigenvalue weighted by atomic mass is 16.2. The van der Waals surface area contributed by atoms with E-state index in [1.807, 2.05) is 30.3 Å². The third-order valence-corrected chi connectivity index (χ3v) is 4.08. The summed E-state index contributed by atoms with van der Waals surface area (Å²) in [6.45, 7) is 0.328. The van der Waals surface area contributed by atoms with Crippen LogP contribution in [0.2, 0.25) is 0 Å². The zero-order chi connectivity index (χ0) is 19.1. The number of benzene rings is 2. The Morgan fingerprint density at radius 3 is 2.48 bits per heavy atom. The van der Waals surface area contributed by atoms with Crippen molar-refractivity contribution in [3.8, 4) is 0 Å². The van der Waals surface area contributed by atoms with E-state index in [1.54, 1.807) is 24.3 Å². The molecule has 0 atom stereocenters. The van der Waals surface area contributed by atoms with Gasteiger partial charge in [0.05, 0.1) is 18.3 Å². The summed E-state index contributed by atoms with van der Waals surface area (Å²) >= 11 is 0. The average molecular weight is 364 g/mol. The fraction of sp³-hybridized carbons (Fsp3) is 0.200. The van der Waals surface area contributed by atoms with Crippen LogP contribution in [-0.2, 0) is 22.6 Å². The van der Waals surface area contributed by atoms with Crippen LogP contribution in [0.5, 0.6) is 0 Å². The van der Waals surface area contributed by atoms with Gasteiger partial charge in [0.15, 0.2) is 0 Å². The van der Waals surface area contributed by atoms with Crippen LogP contribution < -0.4 is 16.1 Å². The fourth-order valence-corrected chi connectivity index (χ4v) is 2.71. The van der Waals surface area contributed by atoms with Crippen molar-refractivity contribution in [1.29, 1.82) is 0 Å². The van der Waals surface area contributed by atoms with E-state index >= 15 is 0 Å². The van der Waals surface area contributed by atoms with Crippen LogP contribution >= 0.6 is 0 Å². The highest BCUT2D eigenvalue weighted by Gasteiger charge is 2.09. The number of nitrogens with one attached hydrogen (secondary N) is 2. The lowest BCUT2D eigenvalue weighted by Gasteiger charge is -2.10. The second-order valence-corrected chi connectivity index (χ2v) is 6.05. The Morgan fingerprint density at radius 1 is 0.926 bits per heavy atom. The smallest absolute Gasteiger partial charge is 0.242 e. The minimum absolute atomic E-state index is 0.0713. The summed E-state index contributed by atoms with van der Waals surface area (Å²) in [4.78, 5) is 35.8. The lowest BCUT2D eigenvalue weighted by atomic mass is 10.1. The standard InChI is InChI=1S/C20H20N4O3/c25-18-12-23-24(17-9-5-4-8-16(17)18)14-20(27)22-13-19(26)21-11-10-15-6-2-1-3-7-15/h1-9,12H,10-11,13-14H2,(H,21,26)(H,22,27). The number of rotatable bonds is 7. The summed E-state index contributed by atoms with van der Waals surface area (Å²) in [5, 5.41) is 9.84. The molecule has 0 fully saturated rings. The van der Waals surface area contributed by atoms with E-state index in [0.29, 0.717) is 17.4 Å². The molecule has 0 unspecified atom stereocenters. The van der Waals surface area contributed by atoms with Crippen LogP contribution in [0.3, 0.4) is 0 Å². The van der Waals surface area contributed by atoms with Crippen molar-refractivity contribution in [2.24, 2.45) is 0 Å². The number of carbonyl (C=O) groups is 2. The molecular formula is C20H20N4O3. The fourth-order valence-electron chi connectivity index (χ4n) is 2.71. The second-order valence-electron chi connectivity index (χ2n) is 6.05. The van der Waals surface area contributed by atoms with Gasteiger partial charge in [-0.05, 0) is 24.1 Å². The molecule has 7 nitrogen and oxygen atoms in total. The van der Waals surface area contributed by atoms with Crippen molar-refractivity contribution in [2.75, 3.05) is 13.1 Å². The minimum Gasteiger partial charge on any atom is -0.354 e. The molecule has 0 aliphatic heterocycles. The first kappa shape index (κ1) is 18.3. The summed E-state index contributed by atoms with van der Waals surface area (Å²) in [5.41, 5.74) is 1.52. The van der Waals surface area contributed by atoms with Gasteiger partial charge in [-0.3, -0.25) is 19.1 Å². The SMILES string of the molecule is O=C(CNC(=O)Cn1ncc(=O)c2ccccc21)NCCc1ccccc1. The molecule has 138 valence electrons. The summed E-state index contributed by atoms with van der Waals surface area (Å²) in [5.74, 6) is -0.605. The quantitative estimate of drug-likeness (QED) is 0.651. The molecule has 0 aliphatic rings. The second kappa shape index (κ2) is 8.75. The summed E-state index contributed by atoms with van der Waals surface area (Å²) in [6.07, 6.45) is 1.92. The van der Waals surface area contributed by atoms with Gasteiger partial charge in [0.1, 0.15) is 6.54 Å². The Balaban J connectivity index is 1.48. The third kappa shape index (κ3) is 5.01. The van der Waals surface area contributed by atoms with E-state index < -0.39 is 0 Å². The van der Waals surface area contributed by atoms with Gasteiger partial charge in [0, 0.05) is 11.9 Å². The van der Waals surface area contributed by atoms with E-state index in [0.717, 1.165) is 12.0 Å². The van der Waals surface area contributed by atoms with Gasteiger partial charge in [-0.15, -0.1) is 0 Å². The van der Waals surface area contributed by atoms with Crippen molar-refractivity contribution < 1.29 is 9.59 Å². The molecule has 1 heterocycles. The molecule has 2 aromatic carbocycles. The summed E-state index contributed by atoms with van der Waals surface area (Å²) in [7, 11) is 0. The Hall–Kier alpha value is -3.48. The number of hydrogen-bond donors (Lipinski definition) is 2. The van der Waals surface area contributed by atoms with Crippen molar-refractivity contribution in [3.63, 3.8) is 0 Å². The number of nitrogens with zero attached hydrogens (tertiary/aromatic N) is 2. The Bertz CT molecular complexity index is 999. The highest BCUT2D eigenvalue weighted by Crippen LogP contribution is 2.07. The van der Waals surface area contributed by atoms with Crippen LogP contribution in [0.4, 0.5) is 0 Å². The Labute approximate surface area is 156 Å². The summed E-state index contributed by atoms with van der Waals surface area (Å²) in [6, 6.07) is 16.8. The molecule has 0 spiro atoms. The topological polar surface area (TPSA) is 93.1 Å². The zero-order valence-corrected chi connectivity index (χ0v) is 14.7. The van der Waals surface area contributed by atoms with Gasteiger partial charge in [-0.25, -0.2) is 0 Å². The van der Waals surface area contributed by atoms with Crippen LogP contribution in [0.25, 0.3) is 10.9 Å². The van der Waals surface area contributed by atoms with Crippen molar-refractivity contribution in [1.82, 2.24) is 20.4 Å². The van der Waals surface area contributed by atoms with Crippen LogP contribution in [0.1, 0.15) is 5.56 Å². The van der Waals surface area contributed by atoms with E-state index in [9.17, 15) is 14.4 Å². The van der Waals surface area contributed by atoms with Crippen LogP contribution in [-0.4, -0.2) is 34.7 Å². The Morgan fingerprint density at radius 2 is 1.67 bits per heavy atom. The van der Waals surface area contributed by atoms with Crippen molar-refractivity contribution in [3.05, 3.63) is 76.6 Å². The molecule has 0 aliphatic carbocycles. The van der Waals surface area contributed by atoms with Gasteiger partial charge in [0.25, 0.3) is 0 Å². The minimum atomic E-state index is -0.352. The molecular weight excluding hydrogens is 344 g/mol. The first-order valence-corrected chi connectivity index (χ1v) is 8.65. The van der Waals surface area contributed by atoms with Gasteiger partial charge in [0.2, 0.25) is 17.2 Å². The average Bonchev–Trinajstić information content (AvgIpc) is 2.70. The van der Waals surface area contributed by atoms with Gasteiger partial charge >= 0.3 is 0 Å². The molecule has 7 heteroatoms. The first-order valence-electron chi connectivity index (χ1n) is 8.65. The maximum atomic E-state index is 12.1. The maximum absolute atomic E-state index is 12.1. The lowest BCUT2D eigenvalue weighted by molar-refractivity contribution is -0.126. The molecule has 0 bridgehead atoms. The van der Waals surface area contributed by atoms with E-state index in [2.05, 4.69) is 15.7 Å². The van der Waals surface area contributed by atoms with Gasteiger partial charge in [-0.2, -0.15) is 5.10 Å². The van der Waals surface area contributed by atoms with Crippen molar-refractivity contribution in [2.45, 2.75) is 13.0 Å².